The molecule has 0 fully saturated rings. The van der Waals surface area contributed by atoms with Crippen LogP contribution >= 0.6 is 11.8 Å². The molecule has 19 heavy (non-hydrogen) atoms. The Labute approximate surface area is 120 Å². The molecular weight excluding hydrogens is 256 g/mol. The maximum absolute atomic E-state index is 12.2. The zero-order chi connectivity index (χ0) is 14.5. The highest BCUT2D eigenvalue weighted by Gasteiger charge is 2.30. The lowest BCUT2D eigenvalue weighted by atomic mass is 9.92. The SMILES string of the molecule is CCC(N)(CC)C(=O)NC(C)c1ccc(SC)cc1. The van der Waals surface area contributed by atoms with Gasteiger partial charge in [-0.3, -0.25) is 4.79 Å². The molecule has 0 saturated carbocycles. The van der Waals surface area contributed by atoms with Gasteiger partial charge in [-0.15, -0.1) is 11.8 Å². The average molecular weight is 280 g/mol. The van der Waals surface area contributed by atoms with E-state index in [0.29, 0.717) is 12.8 Å². The van der Waals surface area contributed by atoms with Crippen LogP contribution in [0.3, 0.4) is 0 Å². The van der Waals surface area contributed by atoms with Crippen LogP contribution in [0.15, 0.2) is 29.2 Å². The molecule has 0 heterocycles. The molecular formula is C15H24N2OS. The smallest absolute Gasteiger partial charge is 0.240 e. The summed E-state index contributed by atoms with van der Waals surface area (Å²) in [6, 6.07) is 8.21. The number of nitrogens with two attached hydrogens (primary N) is 1. The zero-order valence-corrected chi connectivity index (χ0v) is 13.0. The van der Waals surface area contributed by atoms with Crippen LogP contribution in [0.4, 0.5) is 0 Å². The summed E-state index contributed by atoms with van der Waals surface area (Å²) >= 11 is 1.71. The molecule has 1 amide bonds. The Morgan fingerprint density at radius 1 is 1.32 bits per heavy atom. The molecule has 1 unspecified atom stereocenters. The first-order valence-corrected chi connectivity index (χ1v) is 7.93. The molecule has 1 aromatic rings. The molecule has 0 spiro atoms. The molecule has 3 nitrogen and oxygen atoms in total. The Balaban J connectivity index is 2.73. The van der Waals surface area contributed by atoms with Crippen molar-refractivity contribution >= 4 is 17.7 Å². The highest BCUT2D eigenvalue weighted by molar-refractivity contribution is 7.98. The normalized spacial score (nSPS) is 13.1. The van der Waals surface area contributed by atoms with E-state index in [0.717, 1.165) is 5.56 Å². The van der Waals surface area contributed by atoms with Crippen LogP contribution in [-0.2, 0) is 4.79 Å². The van der Waals surface area contributed by atoms with E-state index in [9.17, 15) is 4.79 Å². The summed E-state index contributed by atoms with van der Waals surface area (Å²) in [7, 11) is 0. The van der Waals surface area contributed by atoms with Crippen molar-refractivity contribution in [3.63, 3.8) is 0 Å². The Bertz CT molecular complexity index is 413. The minimum absolute atomic E-state index is 0.0237. The second kappa shape index (κ2) is 6.96. The van der Waals surface area contributed by atoms with Crippen molar-refractivity contribution in [3.05, 3.63) is 29.8 Å². The number of amides is 1. The molecule has 106 valence electrons. The van der Waals surface area contributed by atoms with Crippen LogP contribution in [0.2, 0.25) is 0 Å². The first kappa shape index (κ1) is 16.1. The van der Waals surface area contributed by atoms with E-state index >= 15 is 0 Å². The monoisotopic (exact) mass is 280 g/mol. The van der Waals surface area contributed by atoms with E-state index in [2.05, 4.69) is 17.4 Å². The number of carbonyl (C=O) groups excluding carboxylic acids is 1. The molecule has 3 N–H and O–H groups in total. The molecule has 0 saturated heterocycles. The van der Waals surface area contributed by atoms with Crippen LogP contribution in [-0.4, -0.2) is 17.7 Å². The highest BCUT2D eigenvalue weighted by Crippen LogP contribution is 2.20. The molecule has 0 aliphatic carbocycles. The summed E-state index contributed by atoms with van der Waals surface area (Å²) in [4.78, 5) is 13.4. The first-order valence-electron chi connectivity index (χ1n) is 6.70. The van der Waals surface area contributed by atoms with Crippen molar-refractivity contribution in [2.75, 3.05) is 6.26 Å². The number of carbonyl (C=O) groups is 1. The van der Waals surface area contributed by atoms with E-state index < -0.39 is 5.54 Å². The van der Waals surface area contributed by atoms with Crippen molar-refractivity contribution in [2.45, 2.75) is 50.1 Å². The molecule has 0 radical (unpaired) electrons. The minimum atomic E-state index is -0.756. The van der Waals surface area contributed by atoms with Gasteiger partial charge < -0.3 is 11.1 Å². The van der Waals surface area contributed by atoms with Gasteiger partial charge in [0.05, 0.1) is 11.6 Å². The summed E-state index contributed by atoms with van der Waals surface area (Å²) in [5, 5.41) is 3.01. The number of nitrogens with one attached hydrogen (secondary N) is 1. The molecule has 4 heteroatoms. The second-order valence-electron chi connectivity index (χ2n) is 4.83. The lowest BCUT2D eigenvalue weighted by Gasteiger charge is -2.27. The quantitative estimate of drug-likeness (QED) is 0.787. The summed E-state index contributed by atoms with van der Waals surface area (Å²) in [6.45, 7) is 5.87. The van der Waals surface area contributed by atoms with E-state index in [-0.39, 0.29) is 11.9 Å². The van der Waals surface area contributed by atoms with Gasteiger partial charge in [0.25, 0.3) is 0 Å². The largest absolute Gasteiger partial charge is 0.348 e. The van der Waals surface area contributed by atoms with Crippen LogP contribution in [0, 0.1) is 0 Å². The summed E-state index contributed by atoms with van der Waals surface area (Å²) in [6.07, 6.45) is 3.34. The molecule has 1 atom stereocenters. The second-order valence-corrected chi connectivity index (χ2v) is 5.71. The van der Waals surface area contributed by atoms with Crippen LogP contribution in [0.1, 0.15) is 45.2 Å². The third-order valence-electron chi connectivity index (χ3n) is 3.68. The average Bonchev–Trinajstić information content (AvgIpc) is 2.46. The predicted octanol–water partition coefficient (Wildman–Crippen LogP) is 3.10. The molecule has 1 rings (SSSR count). The number of hydrogen-bond acceptors (Lipinski definition) is 3. The number of benzene rings is 1. The van der Waals surface area contributed by atoms with E-state index in [1.807, 2.05) is 39.2 Å². The maximum Gasteiger partial charge on any atom is 0.240 e. The molecule has 0 aliphatic rings. The van der Waals surface area contributed by atoms with Gasteiger partial charge in [0.2, 0.25) is 5.91 Å². The van der Waals surface area contributed by atoms with Crippen molar-refractivity contribution in [3.8, 4) is 0 Å². The predicted molar refractivity (Wildman–Crippen MR) is 82.3 cm³/mol. The van der Waals surface area contributed by atoms with Gasteiger partial charge in [-0.25, -0.2) is 0 Å². The van der Waals surface area contributed by atoms with E-state index in [4.69, 9.17) is 5.73 Å². The first-order chi connectivity index (χ1) is 8.96. The maximum atomic E-state index is 12.2. The summed E-state index contributed by atoms with van der Waals surface area (Å²) in [5.74, 6) is -0.0704. The summed E-state index contributed by atoms with van der Waals surface area (Å²) < 4.78 is 0. The molecule has 1 aromatic carbocycles. The molecule has 0 bridgehead atoms. The van der Waals surface area contributed by atoms with Crippen molar-refractivity contribution in [1.29, 1.82) is 0 Å². The topological polar surface area (TPSA) is 55.1 Å². The van der Waals surface area contributed by atoms with Crippen molar-refractivity contribution in [1.82, 2.24) is 5.32 Å². The van der Waals surface area contributed by atoms with Gasteiger partial charge >= 0.3 is 0 Å². The molecule has 0 aromatic heterocycles. The van der Waals surface area contributed by atoms with E-state index in [1.165, 1.54) is 4.90 Å². The molecule has 0 aliphatic heterocycles. The van der Waals surface area contributed by atoms with Gasteiger partial charge in [-0.1, -0.05) is 26.0 Å². The fourth-order valence-electron chi connectivity index (χ4n) is 1.89. The third-order valence-corrected chi connectivity index (χ3v) is 4.42. The fourth-order valence-corrected chi connectivity index (χ4v) is 2.30. The van der Waals surface area contributed by atoms with Crippen molar-refractivity contribution in [2.24, 2.45) is 5.73 Å². The number of rotatable bonds is 6. The summed E-state index contributed by atoms with van der Waals surface area (Å²) in [5.41, 5.74) is 6.44. The third kappa shape index (κ3) is 3.98. The highest BCUT2D eigenvalue weighted by atomic mass is 32.2. The Morgan fingerprint density at radius 3 is 2.26 bits per heavy atom. The van der Waals surface area contributed by atoms with E-state index in [1.54, 1.807) is 11.8 Å². The standard InChI is InChI=1S/C15H24N2OS/c1-5-15(16,6-2)14(18)17-11(3)12-7-9-13(19-4)10-8-12/h7-11H,5-6,16H2,1-4H3,(H,17,18). The van der Waals surface area contributed by atoms with Gasteiger partial charge in [0, 0.05) is 4.90 Å². The number of hydrogen-bond donors (Lipinski definition) is 2. The van der Waals surface area contributed by atoms with Crippen LogP contribution in [0.5, 0.6) is 0 Å². The van der Waals surface area contributed by atoms with Crippen LogP contribution in [0.25, 0.3) is 0 Å². The van der Waals surface area contributed by atoms with Crippen LogP contribution < -0.4 is 11.1 Å². The Kier molecular flexibility index (Phi) is 5.88. The lowest BCUT2D eigenvalue weighted by molar-refractivity contribution is -0.127. The number of thioether (sulfide) groups is 1. The van der Waals surface area contributed by atoms with Gasteiger partial charge in [0.15, 0.2) is 0 Å². The Hall–Kier alpha value is -1.00. The minimum Gasteiger partial charge on any atom is -0.348 e. The fraction of sp³-hybridized carbons (Fsp3) is 0.533. The van der Waals surface area contributed by atoms with Gasteiger partial charge in [0.1, 0.15) is 0 Å². The van der Waals surface area contributed by atoms with Crippen molar-refractivity contribution < 1.29 is 4.79 Å². The zero-order valence-electron chi connectivity index (χ0n) is 12.2. The Morgan fingerprint density at radius 2 is 1.84 bits per heavy atom. The van der Waals surface area contributed by atoms with Gasteiger partial charge in [-0.05, 0) is 43.7 Å². The van der Waals surface area contributed by atoms with Gasteiger partial charge in [-0.2, -0.15) is 0 Å². The lowest BCUT2D eigenvalue weighted by Crippen LogP contribution is -2.53.